The molecule has 0 heterocycles. The first-order valence-electron chi connectivity index (χ1n) is 5.62. The van der Waals surface area contributed by atoms with Gasteiger partial charge >= 0.3 is 12.4 Å². The van der Waals surface area contributed by atoms with Crippen LogP contribution in [0.1, 0.15) is 19.3 Å². The van der Waals surface area contributed by atoms with E-state index in [0.717, 1.165) is 0 Å². The molecule has 2 unspecified atom stereocenters. The molecule has 1 rings (SSSR count). The van der Waals surface area contributed by atoms with Gasteiger partial charge in [0, 0.05) is 12.5 Å². The Bertz CT molecular complexity index is 313. The second-order valence-electron chi connectivity index (χ2n) is 4.52. The number of aliphatic hydroxyl groups excluding tert-OH is 1. The molecule has 0 aliphatic heterocycles. The summed E-state index contributed by atoms with van der Waals surface area (Å²) >= 11 is 0. The average molecular weight is 293 g/mol. The highest BCUT2D eigenvalue weighted by Crippen LogP contribution is 2.39. The fourth-order valence-electron chi connectivity index (χ4n) is 2.07. The van der Waals surface area contributed by atoms with Crippen LogP contribution in [0.25, 0.3) is 0 Å². The van der Waals surface area contributed by atoms with E-state index in [2.05, 4.69) is 0 Å². The third-order valence-electron chi connectivity index (χ3n) is 3.07. The predicted molar refractivity (Wildman–Crippen MR) is 52.0 cm³/mol. The summed E-state index contributed by atoms with van der Waals surface area (Å²) < 4.78 is 73.3. The van der Waals surface area contributed by atoms with Crippen LogP contribution in [0.3, 0.4) is 0 Å². The Morgan fingerprint density at radius 1 is 1.16 bits per heavy atom. The lowest BCUT2D eigenvalue weighted by molar-refractivity contribution is -0.274. The Morgan fingerprint density at radius 3 is 2.05 bits per heavy atom. The monoisotopic (exact) mass is 293 g/mol. The van der Waals surface area contributed by atoms with Crippen molar-refractivity contribution in [3.8, 4) is 0 Å². The van der Waals surface area contributed by atoms with Gasteiger partial charge in [-0.1, -0.05) is 6.42 Å². The fourth-order valence-corrected chi connectivity index (χ4v) is 2.07. The van der Waals surface area contributed by atoms with Crippen LogP contribution in [0, 0.1) is 11.8 Å². The molecule has 1 saturated carbocycles. The number of alkyl halides is 6. The van der Waals surface area contributed by atoms with E-state index in [9.17, 15) is 36.2 Å². The summed E-state index contributed by atoms with van der Waals surface area (Å²) in [6.07, 6.45) is -10.6. The number of aliphatic hydroxyl groups is 1. The smallest absolute Gasteiger partial charge is 0.393 e. The summed E-state index contributed by atoms with van der Waals surface area (Å²) in [7, 11) is 0. The molecule has 1 fully saturated rings. The first-order chi connectivity index (χ1) is 8.53. The van der Waals surface area contributed by atoms with Crippen molar-refractivity contribution in [2.75, 3.05) is 6.54 Å². The lowest BCUT2D eigenvalue weighted by atomic mass is 10.0. The third kappa shape index (κ3) is 4.26. The second-order valence-corrected chi connectivity index (χ2v) is 4.52. The second kappa shape index (κ2) is 5.56. The molecule has 0 aromatic heterocycles. The molecule has 19 heavy (non-hydrogen) atoms. The Labute approximate surface area is 105 Å². The first-order valence-corrected chi connectivity index (χ1v) is 5.62. The number of amides is 1. The van der Waals surface area contributed by atoms with Crippen LogP contribution in [0.15, 0.2) is 0 Å². The summed E-state index contributed by atoms with van der Waals surface area (Å²) in [5, 5.41) is 11.0. The van der Waals surface area contributed by atoms with E-state index >= 15 is 0 Å². The summed E-state index contributed by atoms with van der Waals surface area (Å²) in [5.74, 6) is -6.65. The van der Waals surface area contributed by atoms with E-state index in [1.165, 1.54) is 0 Å². The molecule has 1 amide bonds. The number of nitrogens with one attached hydrogen (secondary N) is 1. The molecule has 0 spiro atoms. The molecule has 9 heteroatoms. The van der Waals surface area contributed by atoms with Gasteiger partial charge in [0.05, 0.1) is 6.10 Å². The molecule has 112 valence electrons. The van der Waals surface area contributed by atoms with Gasteiger partial charge in [0.25, 0.3) is 0 Å². The molecule has 0 radical (unpaired) electrons. The molecular weight excluding hydrogens is 280 g/mol. The van der Waals surface area contributed by atoms with Gasteiger partial charge in [0.2, 0.25) is 11.8 Å². The zero-order valence-corrected chi connectivity index (χ0v) is 9.68. The number of carbonyl (C=O) groups excluding carboxylic acids is 1. The van der Waals surface area contributed by atoms with Crippen LogP contribution in [-0.2, 0) is 4.79 Å². The molecule has 3 nitrogen and oxygen atoms in total. The third-order valence-corrected chi connectivity index (χ3v) is 3.07. The van der Waals surface area contributed by atoms with Crippen LogP contribution >= 0.6 is 0 Å². The summed E-state index contributed by atoms with van der Waals surface area (Å²) in [4.78, 5) is 11.1. The Kier molecular flexibility index (Phi) is 4.70. The fraction of sp³-hybridized carbons (Fsp3) is 0.900. The van der Waals surface area contributed by atoms with Gasteiger partial charge in [-0.25, -0.2) is 0 Å². The predicted octanol–water partition coefficient (Wildman–Crippen LogP) is 2.00. The quantitative estimate of drug-likeness (QED) is 0.782. The van der Waals surface area contributed by atoms with Crippen molar-refractivity contribution in [2.24, 2.45) is 11.8 Å². The summed E-state index contributed by atoms with van der Waals surface area (Å²) in [6.45, 7) is -0.386. The van der Waals surface area contributed by atoms with Crippen molar-refractivity contribution < 1.29 is 36.2 Å². The van der Waals surface area contributed by atoms with Crippen LogP contribution in [0.2, 0.25) is 0 Å². The van der Waals surface area contributed by atoms with E-state index in [-0.39, 0.29) is 6.54 Å². The highest BCUT2D eigenvalue weighted by atomic mass is 19.4. The Balaban J connectivity index is 2.63. The lowest BCUT2D eigenvalue weighted by Crippen LogP contribution is -2.49. The summed E-state index contributed by atoms with van der Waals surface area (Å²) in [5.41, 5.74) is 0. The minimum absolute atomic E-state index is 0.386. The van der Waals surface area contributed by atoms with Crippen LogP contribution in [0.4, 0.5) is 26.3 Å². The lowest BCUT2D eigenvalue weighted by Gasteiger charge is -2.23. The van der Waals surface area contributed by atoms with E-state index in [1.807, 2.05) is 0 Å². The largest absolute Gasteiger partial charge is 0.409 e. The van der Waals surface area contributed by atoms with Crippen molar-refractivity contribution in [3.63, 3.8) is 0 Å². The van der Waals surface area contributed by atoms with Gasteiger partial charge in [0.1, 0.15) is 0 Å². The molecule has 2 atom stereocenters. The molecule has 0 bridgehead atoms. The van der Waals surface area contributed by atoms with Crippen molar-refractivity contribution >= 4 is 5.91 Å². The molecular formula is C10H13F6NO2. The standard InChI is InChI=1S/C10H13F6NO2/c11-9(12,13)7(10(14,15)16)8(19)17-4-5-2-1-3-6(5)18/h5-7,18H,1-4H2,(H,17,19). The van der Waals surface area contributed by atoms with Gasteiger partial charge in [-0.05, 0) is 12.8 Å². The highest BCUT2D eigenvalue weighted by molar-refractivity contribution is 5.80. The zero-order chi connectivity index (χ0) is 14.8. The van der Waals surface area contributed by atoms with Crippen molar-refractivity contribution in [2.45, 2.75) is 37.7 Å². The number of hydrogen-bond acceptors (Lipinski definition) is 2. The van der Waals surface area contributed by atoms with Crippen molar-refractivity contribution in [1.82, 2.24) is 5.32 Å². The Hall–Kier alpha value is -0.990. The summed E-state index contributed by atoms with van der Waals surface area (Å²) in [6, 6.07) is 0. The SMILES string of the molecule is O=C(NCC1CCCC1O)C(C(F)(F)F)C(F)(F)F. The maximum absolute atomic E-state index is 12.2. The molecule has 0 aromatic rings. The van der Waals surface area contributed by atoms with Gasteiger partial charge in [-0.3, -0.25) is 4.79 Å². The van der Waals surface area contributed by atoms with Gasteiger partial charge in [0.15, 0.2) is 0 Å². The number of hydrogen-bond donors (Lipinski definition) is 2. The van der Waals surface area contributed by atoms with Gasteiger partial charge in [-0.2, -0.15) is 26.3 Å². The van der Waals surface area contributed by atoms with E-state index in [0.29, 0.717) is 19.3 Å². The van der Waals surface area contributed by atoms with Crippen LogP contribution in [-0.4, -0.2) is 36.0 Å². The average Bonchev–Trinajstić information content (AvgIpc) is 2.56. The molecule has 2 N–H and O–H groups in total. The van der Waals surface area contributed by atoms with Crippen molar-refractivity contribution in [1.29, 1.82) is 0 Å². The minimum Gasteiger partial charge on any atom is -0.393 e. The molecule has 1 aliphatic rings. The van der Waals surface area contributed by atoms with Gasteiger partial charge in [-0.15, -0.1) is 0 Å². The molecule has 1 aliphatic carbocycles. The van der Waals surface area contributed by atoms with E-state index in [4.69, 9.17) is 0 Å². The van der Waals surface area contributed by atoms with E-state index in [1.54, 1.807) is 5.32 Å². The van der Waals surface area contributed by atoms with Gasteiger partial charge < -0.3 is 10.4 Å². The number of halogens is 6. The number of carbonyl (C=O) groups is 1. The van der Waals surface area contributed by atoms with Crippen LogP contribution < -0.4 is 5.32 Å². The Morgan fingerprint density at radius 2 is 1.68 bits per heavy atom. The topological polar surface area (TPSA) is 49.3 Å². The normalized spacial score (nSPS) is 24.8. The van der Waals surface area contributed by atoms with E-state index < -0.39 is 36.2 Å². The zero-order valence-electron chi connectivity index (χ0n) is 9.68. The number of rotatable bonds is 3. The maximum Gasteiger partial charge on any atom is 0.409 e. The minimum atomic E-state index is -5.68. The van der Waals surface area contributed by atoms with Crippen LogP contribution in [0.5, 0.6) is 0 Å². The highest BCUT2D eigenvalue weighted by Gasteiger charge is 2.61. The first kappa shape index (κ1) is 16.1. The maximum atomic E-state index is 12.2. The molecule has 0 saturated heterocycles. The molecule has 0 aromatic carbocycles. The van der Waals surface area contributed by atoms with Crippen molar-refractivity contribution in [3.05, 3.63) is 0 Å².